The van der Waals surface area contributed by atoms with Crippen molar-refractivity contribution in [3.8, 4) is 17.2 Å². The second-order valence-electron chi connectivity index (χ2n) is 8.52. The molecule has 1 aliphatic heterocycles. The Hall–Kier alpha value is -4.49. The summed E-state index contributed by atoms with van der Waals surface area (Å²) in [5.41, 5.74) is 0.248. The molecule has 210 valence electrons. The van der Waals surface area contributed by atoms with Gasteiger partial charge in [0.1, 0.15) is 18.4 Å². The molecule has 0 bridgehead atoms. The number of allylic oxidation sites excluding steroid dienone is 1. The third kappa shape index (κ3) is 5.46. The number of ether oxygens (including phenoxy) is 4. The Balaban J connectivity index is 1.99. The predicted molar refractivity (Wildman–Crippen MR) is 146 cm³/mol. The van der Waals surface area contributed by atoms with Gasteiger partial charge in [0.2, 0.25) is 0 Å². The van der Waals surface area contributed by atoms with Crippen molar-refractivity contribution in [2.45, 2.75) is 19.9 Å². The highest BCUT2D eigenvalue weighted by Crippen LogP contribution is 2.40. The van der Waals surface area contributed by atoms with Crippen LogP contribution in [0.2, 0.25) is 0 Å². The summed E-state index contributed by atoms with van der Waals surface area (Å²) in [5, 5.41) is 21.6. The normalized spacial score (nSPS) is 14.9. The zero-order chi connectivity index (χ0) is 29.0. The number of thiazole rings is 1. The maximum absolute atomic E-state index is 13.9. The second kappa shape index (κ2) is 12.1. The summed E-state index contributed by atoms with van der Waals surface area (Å²) < 4.78 is 23.3. The molecular formula is C27H27N3O9S. The third-order valence-corrected chi connectivity index (χ3v) is 7.07. The summed E-state index contributed by atoms with van der Waals surface area (Å²) in [5.74, 6) is -0.165. The molecule has 1 aromatic heterocycles. The fourth-order valence-electron chi connectivity index (χ4n) is 4.29. The van der Waals surface area contributed by atoms with Crippen molar-refractivity contribution < 1.29 is 33.8 Å². The topological polar surface area (TPSA) is 152 Å². The number of nitrogens with zero attached hydrogens (tertiary/aromatic N) is 3. The third-order valence-electron chi connectivity index (χ3n) is 6.08. The number of non-ortho nitro benzene ring substituents is 1. The van der Waals surface area contributed by atoms with Gasteiger partial charge in [-0.15, -0.1) is 0 Å². The van der Waals surface area contributed by atoms with Crippen molar-refractivity contribution >= 4 is 29.1 Å². The second-order valence-corrected chi connectivity index (χ2v) is 9.53. The van der Waals surface area contributed by atoms with Gasteiger partial charge in [-0.3, -0.25) is 19.5 Å². The Bertz CT molecular complexity index is 1670. The number of fused-ring (bicyclic) bond motifs is 1. The molecule has 0 unspecified atom stereocenters. The van der Waals surface area contributed by atoms with E-state index in [9.17, 15) is 24.8 Å². The Morgan fingerprint density at radius 2 is 2.02 bits per heavy atom. The number of hydrogen-bond donors (Lipinski definition) is 1. The van der Waals surface area contributed by atoms with E-state index in [4.69, 9.17) is 18.9 Å². The molecule has 1 N–H and O–H groups in total. The van der Waals surface area contributed by atoms with Crippen molar-refractivity contribution in [2.75, 3.05) is 34.0 Å². The van der Waals surface area contributed by atoms with Gasteiger partial charge in [0.05, 0.1) is 41.0 Å². The molecule has 0 spiro atoms. The van der Waals surface area contributed by atoms with Gasteiger partial charge < -0.3 is 24.1 Å². The van der Waals surface area contributed by atoms with Crippen LogP contribution in [0.3, 0.4) is 0 Å². The van der Waals surface area contributed by atoms with Crippen LogP contribution in [0.5, 0.6) is 17.2 Å². The zero-order valence-corrected chi connectivity index (χ0v) is 23.0. The van der Waals surface area contributed by atoms with Crippen LogP contribution >= 0.6 is 11.3 Å². The van der Waals surface area contributed by atoms with Crippen LogP contribution in [0.15, 0.2) is 57.5 Å². The lowest BCUT2D eigenvalue weighted by Crippen LogP contribution is -2.40. The highest BCUT2D eigenvalue weighted by Gasteiger charge is 2.36. The van der Waals surface area contributed by atoms with Crippen LogP contribution in [-0.2, 0) is 14.3 Å². The van der Waals surface area contributed by atoms with E-state index < -0.39 is 22.5 Å². The van der Waals surface area contributed by atoms with Gasteiger partial charge in [0, 0.05) is 30.4 Å². The molecule has 12 nitrogen and oxygen atoms in total. The van der Waals surface area contributed by atoms with Gasteiger partial charge in [-0.25, -0.2) is 9.79 Å². The lowest BCUT2D eigenvalue weighted by Gasteiger charge is -2.27. The van der Waals surface area contributed by atoms with Crippen molar-refractivity contribution in [1.82, 2.24) is 4.57 Å². The molecule has 4 rings (SSSR count). The summed E-state index contributed by atoms with van der Waals surface area (Å²) in [7, 11) is 2.97. The summed E-state index contributed by atoms with van der Waals surface area (Å²) >= 11 is 1.02. The molecule has 0 fully saturated rings. The molecule has 3 aromatic rings. The van der Waals surface area contributed by atoms with Crippen molar-refractivity contribution in [1.29, 1.82) is 0 Å². The van der Waals surface area contributed by atoms with Gasteiger partial charge in [-0.05, 0) is 32.1 Å². The van der Waals surface area contributed by atoms with E-state index >= 15 is 0 Å². The highest BCUT2D eigenvalue weighted by atomic mass is 32.1. The van der Waals surface area contributed by atoms with E-state index in [1.165, 1.54) is 37.0 Å². The first-order valence-corrected chi connectivity index (χ1v) is 13.0. The van der Waals surface area contributed by atoms with Gasteiger partial charge in [0.25, 0.3) is 11.2 Å². The van der Waals surface area contributed by atoms with E-state index in [1.54, 1.807) is 32.0 Å². The number of esters is 1. The fourth-order valence-corrected chi connectivity index (χ4v) is 5.33. The summed E-state index contributed by atoms with van der Waals surface area (Å²) in [6.07, 6.45) is 1.36. The molecule has 0 aliphatic carbocycles. The number of benzene rings is 2. The van der Waals surface area contributed by atoms with Crippen molar-refractivity contribution in [3.05, 3.63) is 88.6 Å². The predicted octanol–water partition coefficient (Wildman–Crippen LogP) is 2.45. The molecule has 0 saturated carbocycles. The average molecular weight is 570 g/mol. The van der Waals surface area contributed by atoms with Crippen LogP contribution in [0.4, 0.5) is 5.69 Å². The Kier molecular flexibility index (Phi) is 8.65. The van der Waals surface area contributed by atoms with Crippen LogP contribution in [0, 0.1) is 10.1 Å². The minimum atomic E-state index is -0.996. The molecule has 0 amide bonds. The number of carbonyl (C=O) groups is 1. The lowest BCUT2D eigenvalue weighted by molar-refractivity contribution is -0.384. The van der Waals surface area contributed by atoms with E-state index in [1.807, 2.05) is 0 Å². The number of phenols is 1. The molecule has 0 saturated heterocycles. The maximum Gasteiger partial charge on any atom is 0.338 e. The number of methoxy groups -OCH3 is 2. The molecule has 0 radical (unpaired) electrons. The molecule has 2 aromatic carbocycles. The molecule has 40 heavy (non-hydrogen) atoms. The number of phenolic OH excluding ortho intramolecular Hbond substituents is 1. The standard InChI is InChI=1S/C27H27N3O9S/c1-5-38-24-18(7-6-8-20(24)37-4)23-22(26(33)39-12-11-36-3)15(2)28-27-29(23)25(32)21(40-27)14-16-13-17(30(34)35)9-10-19(16)31/h6-10,13-14,23,31H,5,11-12H2,1-4H3/b21-14+/t23-/m0/s1. The maximum atomic E-state index is 13.9. The van der Waals surface area contributed by atoms with Crippen LogP contribution in [-0.4, -0.2) is 54.6 Å². The number of nitro benzene ring substituents is 1. The van der Waals surface area contributed by atoms with E-state index in [-0.39, 0.29) is 51.7 Å². The van der Waals surface area contributed by atoms with Gasteiger partial charge in [0.15, 0.2) is 16.3 Å². The smallest absolute Gasteiger partial charge is 0.338 e. The monoisotopic (exact) mass is 569 g/mol. The number of hydrogen-bond acceptors (Lipinski definition) is 11. The summed E-state index contributed by atoms with van der Waals surface area (Å²) in [6, 6.07) is 7.67. The first kappa shape index (κ1) is 28.5. The molecular weight excluding hydrogens is 542 g/mol. The molecule has 1 aliphatic rings. The van der Waals surface area contributed by atoms with Crippen molar-refractivity contribution in [3.63, 3.8) is 0 Å². The fraction of sp³-hybridized carbons (Fsp3) is 0.296. The Morgan fingerprint density at radius 1 is 1.25 bits per heavy atom. The molecule has 13 heteroatoms. The molecule has 2 heterocycles. The SMILES string of the molecule is CCOc1c(OC)cccc1[C@H]1C(C(=O)OCCOC)=C(C)N=c2s/c(=C/c3cc([N+](=O)[O-])ccc3O)c(=O)n21. The number of nitro groups is 1. The van der Waals surface area contributed by atoms with E-state index in [2.05, 4.69) is 4.99 Å². The Labute approximate surface area is 232 Å². The van der Waals surface area contributed by atoms with Gasteiger partial charge in [-0.2, -0.15) is 0 Å². The van der Waals surface area contributed by atoms with E-state index in [0.717, 1.165) is 17.4 Å². The first-order chi connectivity index (χ1) is 19.2. The summed E-state index contributed by atoms with van der Waals surface area (Å²) in [6.45, 7) is 3.90. The first-order valence-electron chi connectivity index (χ1n) is 12.2. The van der Waals surface area contributed by atoms with Crippen LogP contribution in [0.1, 0.15) is 31.0 Å². The largest absolute Gasteiger partial charge is 0.507 e. The molecule has 1 atom stereocenters. The van der Waals surface area contributed by atoms with Gasteiger partial charge in [-0.1, -0.05) is 23.5 Å². The highest BCUT2D eigenvalue weighted by molar-refractivity contribution is 7.07. The number of carbonyl (C=O) groups excluding carboxylic acids is 1. The summed E-state index contributed by atoms with van der Waals surface area (Å²) in [4.78, 5) is 42.7. The zero-order valence-electron chi connectivity index (χ0n) is 22.2. The Morgan fingerprint density at radius 3 is 2.70 bits per heavy atom. The number of aromatic nitrogens is 1. The number of aromatic hydroxyl groups is 1. The number of para-hydroxylation sites is 1. The van der Waals surface area contributed by atoms with E-state index in [0.29, 0.717) is 22.8 Å². The minimum absolute atomic E-state index is 0.00819. The van der Waals surface area contributed by atoms with Crippen molar-refractivity contribution in [2.24, 2.45) is 4.99 Å². The van der Waals surface area contributed by atoms with Gasteiger partial charge >= 0.3 is 5.97 Å². The number of rotatable bonds is 10. The quantitative estimate of drug-likeness (QED) is 0.168. The minimum Gasteiger partial charge on any atom is -0.507 e. The van der Waals surface area contributed by atoms with Crippen LogP contribution < -0.4 is 24.4 Å². The lowest BCUT2D eigenvalue weighted by atomic mass is 9.94. The average Bonchev–Trinajstić information content (AvgIpc) is 3.23. The van der Waals surface area contributed by atoms with Crippen LogP contribution in [0.25, 0.3) is 6.08 Å².